The molecule has 0 aliphatic rings. The molecule has 0 fully saturated rings. The molecule has 0 radical (unpaired) electrons. The third-order valence-electron chi connectivity index (χ3n) is 4.84. The number of methoxy groups -OCH3 is 1. The molecule has 1 atom stereocenters. The topological polar surface area (TPSA) is 69.1 Å². The summed E-state index contributed by atoms with van der Waals surface area (Å²) in [6.07, 6.45) is 0.994. The van der Waals surface area contributed by atoms with Crippen LogP contribution in [0.3, 0.4) is 0 Å². The number of hydrogen-bond acceptors (Lipinski definition) is 4. The van der Waals surface area contributed by atoms with Crippen LogP contribution in [-0.2, 0) is 13.1 Å². The summed E-state index contributed by atoms with van der Waals surface area (Å²) in [7, 11) is 5.50. The van der Waals surface area contributed by atoms with E-state index in [-0.39, 0.29) is 29.7 Å². The van der Waals surface area contributed by atoms with Crippen molar-refractivity contribution < 1.29 is 9.84 Å². The van der Waals surface area contributed by atoms with Gasteiger partial charge in [0.1, 0.15) is 11.5 Å². The summed E-state index contributed by atoms with van der Waals surface area (Å²) in [5, 5.41) is 16.6. The second-order valence-electron chi connectivity index (χ2n) is 6.89. The van der Waals surface area contributed by atoms with Gasteiger partial charge in [-0.1, -0.05) is 30.3 Å². The van der Waals surface area contributed by atoms with E-state index in [9.17, 15) is 5.11 Å². The van der Waals surface area contributed by atoms with Crippen LogP contribution < -0.4 is 15.4 Å². The lowest BCUT2D eigenvalue weighted by atomic mass is 10.1. The van der Waals surface area contributed by atoms with E-state index < -0.39 is 0 Å². The van der Waals surface area contributed by atoms with Gasteiger partial charge < -0.3 is 20.5 Å². The maximum absolute atomic E-state index is 9.99. The molecule has 1 unspecified atom stereocenters. The molecule has 0 spiro atoms. The molecule has 29 heavy (non-hydrogen) atoms. The summed E-state index contributed by atoms with van der Waals surface area (Å²) in [5.41, 5.74) is 2.08. The summed E-state index contributed by atoms with van der Waals surface area (Å²) in [6, 6.07) is 16.1. The Kier molecular flexibility index (Phi) is 11.5. The normalized spacial score (nSPS) is 12.2. The lowest BCUT2D eigenvalue weighted by molar-refractivity contribution is 0.238. The first kappa shape index (κ1) is 25.0. The van der Waals surface area contributed by atoms with Crippen LogP contribution in [0, 0.1) is 0 Å². The molecule has 0 saturated heterocycles. The van der Waals surface area contributed by atoms with Crippen molar-refractivity contribution in [3.8, 4) is 11.5 Å². The Morgan fingerprint density at radius 1 is 1.17 bits per heavy atom. The summed E-state index contributed by atoms with van der Waals surface area (Å²) in [4.78, 5) is 6.60. The third-order valence-corrected chi connectivity index (χ3v) is 4.84. The molecular formula is C22H33IN4O2. The molecule has 0 amide bonds. The largest absolute Gasteiger partial charge is 0.508 e. The molecule has 160 valence electrons. The number of rotatable bonds is 9. The average molecular weight is 512 g/mol. The van der Waals surface area contributed by atoms with E-state index in [1.54, 1.807) is 26.3 Å². The predicted molar refractivity (Wildman–Crippen MR) is 130 cm³/mol. The van der Waals surface area contributed by atoms with Gasteiger partial charge in [-0.2, -0.15) is 0 Å². The summed E-state index contributed by atoms with van der Waals surface area (Å²) in [5.74, 6) is 1.66. The van der Waals surface area contributed by atoms with Crippen molar-refractivity contribution in [3.05, 3.63) is 59.7 Å². The first-order valence-corrected chi connectivity index (χ1v) is 9.58. The number of benzene rings is 2. The van der Waals surface area contributed by atoms with Gasteiger partial charge in [0.05, 0.1) is 7.11 Å². The summed E-state index contributed by atoms with van der Waals surface area (Å²) < 4.78 is 5.21. The fourth-order valence-corrected chi connectivity index (χ4v) is 2.88. The van der Waals surface area contributed by atoms with Crippen LogP contribution in [-0.4, -0.2) is 49.8 Å². The molecule has 0 saturated carbocycles. The van der Waals surface area contributed by atoms with Crippen LogP contribution >= 0.6 is 24.0 Å². The van der Waals surface area contributed by atoms with E-state index in [0.717, 1.165) is 25.1 Å². The lowest BCUT2D eigenvalue weighted by Crippen LogP contribution is -2.39. The van der Waals surface area contributed by atoms with Crippen molar-refractivity contribution in [2.24, 2.45) is 4.99 Å². The Morgan fingerprint density at radius 3 is 2.55 bits per heavy atom. The monoisotopic (exact) mass is 512 g/mol. The van der Waals surface area contributed by atoms with Gasteiger partial charge in [-0.3, -0.25) is 9.89 Å². The number of hydrogen-bond donors (Lipinski definition) is 3. The maximum atomic E-state index is 9.99. The molecule has 2 aromatic rings. The second-order valence-corrected chi connectivity index (χ2v) is 6.89. The number of nitrogens with one attached hydrogen (secondary N) is 2. The van der Waals surface area contributed by atoms with Gasteiger partial charge in [0.25, 0.3) is 0 Å². The van der Waals surface area contributed by atoms with Crippen LogP contribution in [0.15, 0.2) is 53.5 Å². The molecule has 6 nitrogen and oxygen atoms in total. The summed E-state index contributed by atoms with van der Waals surface area (Å²) in [6.45, 7) is 4.44. The molecule has 0 aliphatic carbocycles. The van der Waals surface area contributed by atoms with E-state index in [1.165, 1.54) is 5.56 Å². The van der Waals surface area contributed by atoms with E-state index in [4.69, 9.17) is 4.74 Å². The number of ether oxygens (including phenoxy) is 1. The van der Waals surface area contributed by atoms with Gasteiger partial charge >= 0.3 is 0 Å². The highest BCUT2D eigenvalue weighted by molar-refractivity contribution is 14.0. The number of halogens is 1. The first-order chi connectivity index (χ1) is 13.5. The molecule has 0 aromatic heterocycles. The smallest absolute Gasteiger partial charge is 0.191 e. The highest BCUT2D eigenvalue weighted by atomic mass is 127. The Bertz CT molecular complexity index is 756. The Hall–Kier alpha value is -2.00. The molecule has 0 bridgehead atoms. The zero-order chi connectivity index (χ0) is 20.4. The molecule has 0 aliphatic heterocycles. The third kappa shape index (κ3) is 8.49. The molecule has 2 aromatic carbocycles. The van der Waals surface area contributed by atoms with Crippen LogP contribution in [0.2, 0.25) is 0 Å². The minimum Gasteiger partial charge on any atom is -0.508 e. The minimum absolute atomic E-state index is 0. The molecule has 3 N–H and O–H groups in total. The molecular weight excluding hydrogens is 479 g/mol. The molecule has 2 rings (SSSR count). The highest BCUT2D eigenvalue weighted by Crippen LogP contribution is 2.22. The van der Waals surface area contributed by atoms with E-state index >= 15 is 0 Å². The zero-order valence-corrected chi connectivity index (χ0v) is 20.0. The zero-order valence-electron chi connectivity index (χ0n) is 17.7. The van der Waals surface area contributed by atoms with Crippen molar-refractivity contribution in [2.75, 3.05) is 27.7 Å². The predicted octanol–water partition coefficient (Wildman–Crippen LogP) is 3.59. The SMILES string of the molecule is CN=C(NCCC(C)N(C)Cc1ccccc1)NCc1cc(OC)ccc1O.I. The van der Waals surface area contributed by atoms with Gasteiger partial charge in [-0.15, -0.1) is 24.0 Å². The van der Waals surface area contributed by atoms with E-state index in [0.29, 0.717) is 24.3 Å². The standard InChI is InChI=1S/C22H32N4O2.HI/c1-17(26(3)16-18-8-6-5-7-9-18)12-13-24-22(23-2)25-15-19-14-20(28-4)10-11-21(19)27;/h5-11,14,17,27H,12-13,15-16H2,1-4H3,(H2,23,24,25);1H. The van der Waals surface area contributed by atoms with Gasteiger partial charge in [0, 0.05) is 38.3 Å². The second kappa shape index (κ2) is 13.3. The number of phenolic OH excluding ortho intramolecular Hbond substituents is 1. The van der Waals surface area contributed by atoms with Crippen molar-refractivity contribution in [1.29, 1.82) is 0 Å². The maximum Gasteiger partial charge on any atom is 0.191 e. The fourth-order valence-electron chi connectivity index (χ4n) is 2.88. The number of nitrogens with zero attached hydrogens (tertiary/aromatic N) is 2. The number of aromatic hydroxyl groups is 1. The van der Waals surface area contributed by atoms with Crippen LogP contribution in [0.1, 0.15) is 24.5 Å². The van der Waals surface area contributed by atoms with Crippen molar-refractivity contribution in [1.82, 2.24) is 15.5 Å². The number of phenols is 1. The quantitative estimate of drug-likeness (QED) is 0.272. The fraction of sp³-hybridized carbons (Fsp3) is 0.409. The molecule has 7 heteroatoms. The van der Waals surface area contributed by atoms with Gasteiger partial charge in [0.15, 0.2) is 5.96 Å². The van der Waals surface area contributed by atoms with E-state index in [1.807, 2.05) is 12.1 Å². The Labute approximate surface area is 191 Å². The highest BCUT2D eigenvalue weighted by Gasteiger charge is 2.10. The van der Waals surface area contributed by atoms with Crippen molar-refractivity contribution in [2.45, 2.75) is 32.5 Å². The van der Waals surface area contributed by atoms with Gasteiger partial charge in [-0.05, 0) is 44.2 Å². The van der Waals surface area contributed by atoms with Gasteiger partial charge in [0.2, 0.25) is 0 Å². The average Bonchev–Trinajstić information content (AvgIpc) is 2.72. The van der Waals surface area contributed by atoms with Crippen molar-refractivity contribution in [3.63, 3.8) is 0 Å². The Balaban J connectivity index is 0.00000420. The number of aliphatic imine (C=N–C) groups is 1. The lowest BCUT2D eigenvalue weighted by Gasteiger charge is -2.25. The minimum atomic E-state index is 0. The van der Waals surface area contributed by atoms with Crippen LogP contribution in [0.5, 0.6) is 11.5 Å². The Morgan fingerprint density at radius 2 is 1.90 bits per heavy atom. The van der Waals surface area contributed by atoms with Crippen LogP contribution in [0.4, 0.5) is 0 Å². The van der Waals surface area contributed by atoms with Crippen molar-refractivity contribution >= 4 is 29.9 Å². The van der Waals surface area contributed by atoms with Crippen LogP contribution in [0.25, 0.3) is 0 Å². The van der Waals surface area contributed by atoms with Gasteiger partial charge in [-0.25, -0.2) is 0 Å². The first-order valence-electron chi connectivity index (χ1n) is 9.58. The van der Waals surface area contributed by atoms with E-state index in [2.05, 4.69) is 58.8 Å². The number of guanidine groups is 1. The summed E-state index contributed by atoms with van der Waals surface area (Å²) >= 11 is 0. The molecule has 0 heterocycles.